The molecule has 1 fully saturated rings. The Kier molecular flexibility index (Phi) is 7.48. The van der Waals surface area contributed by atoms with Gasteiger partial charge in [0.25, 0.3) is 5.91 Å². The number of benzene rings is 2. The summed E-state index contributed by atoms with van der Waals surface area (Å²) < 4.78 is 65.5. The number of alkyl halides is 3. The molecule has 0 aliphatic carbocycles. The fourth-order valence-electron chi connectivity index (χ4n) is 3.57. The zero-order valence-electron chi connectivity index (χ0n) is 18.3. The molecule has 1 aliphatic heterocycles. The lowest BCUT2D eigenvalue weighted by molar-refractivity contribution is -0.0500. The monoisotopic (exact) mass is 482 g/mol. The summed E-state index contributed by atoms with van der Waals surface area (Å²) in [5, 5.41) is 3.26. The van der Waals surface area contributed by atoms with Crippen LogP contribution in [0.5, 0.6) is 5.75 Å². The molecule has 0 spiro atoms. The van der Waals surface area contributed by atoms with Gasteiger partial charge in [-0.2, -0.15) is 21.6 Å². The highest BCUT2D eigenvalue weighted by molar-refractivity contribution is 7.88. The molecule has 2 aromatic carbocycles. The fourth-order valence-corrected chi connectivity index (χ4v) is 4.03. The van der Waals surface area contributed by atoms with E-state index in [-0.39, 0.29) is 5.91 Å². The van der Waals surface area contributed by atoms with Crippen molar-refractivity contribution in [3.8, 4) is 5.75 Å². The Hall–Kier alpha value is -2.85. The van der Waals surface area contributed by atoms with Gasteiger partial charge < -0.3 is 14.4 Å². The standard InChI is InChI=1S/C23H25F3N2O4S/c1-3-28(2)22(29)18-9-7-16(8-10-18)21(17-11-13-27-14-12-17)19-5-4-6-20(15-19)32-33(30,31)23(24,25)26/h4-10,15,27H,3,11-14H2,1-2H3. The minimum Gasteiger partial charge on any atom is -0.376 e. The second-order valence-corrected chi connectivity index (χ2v) is 9.17. The number of piperidine rings is 1. The van der Waals surface area contributed by atoms with Crippen LogP contribution in [0.1, 0.15) is 41.3 Å². The third kappa shape index (κ3) is 5.75. The Morgan fingerprint density at radius 1 is 1.03 bits per heavy atom. The Balaban J connectivity index is 2.03. The van der Waals surface area contributed by atoms with Gasteiger partial charge in [-0.25, -0.2) is 0 Å². The summed E-state index contributed by atoms with van der Waals surface area (Å²) in [6.07, 6.45) is 1.45. The Morgan fingerprint density at radius 2 is 1.64 bits per heavy atom. The van der Waals surface area contributed by atoms with Crippen molar-refractivity contribution >= 4 is 21.6 Å². The molecule has 0 bridgehead atoms. The lowest BCUT2D eigenvalue weighted by Gasteiger charge is -2.22. The van der Waals surface area contributed by atoms with Crippen molar-refractivity contribution in [2.75, 3.05) is 26.7 Å². The quantitative estimate of drug-likeness (QED) is 0.494. The molecule has 2 aromatic rings. The van der Waals surface area contributed by atoms with Gasteiger partial charge in [0.15, 0.2) is 0 Å². The van der Waals surface area contributed by atoms with Crippen LogP contribution in [0.3, 0.4) is 0 Å². The van der Waals surface area contributed by atoms with Crippen molar-refractivity contribution < 1.29 is 30.6 Å². The average molecular weight is 483 g/mol. The third-order valence-corrected chi connectivity index (χ3v) is 6.39. The number of nitrogens with one attached hydrogen (secondary N) is 1. The predicted octanol–water partition coefficient (Wildman–Crippen LogP) is 4.19. The van der Waals surface area contributed by atoms with E-state index in [1.807, 2.05) is 6.92 Å². The summed E-state index contributed by atoms with van der Waals surface area (Å²) >= 11 is 0. The molecule has 6 nitrogen and oxygen atoms in total. The van der Waals surface area contributed by atoms with E-state index < -0.39 is 21.4 Å². The molecule has 0 aromatic heterocycles. The molecular formula is C23H25F3N2O4S. The molecule has 3 rings (SSSR count). The zero-order chi connectivity index (χ0) is 24.2. The number of amides is 1. The topological polar surface area (TPSA) is 75.7 Å². The molecule has 1 saturated heterocycles. The summed E-state index contributed by atoms with van der Waals surface area (Å²) in [4.78, 5) is 14.0. The highest BCUT2D eigenvalue weighted by atomic mass is 32.2. The second-order valence-electron chi connectivity index (χ2n) is 7.64. The van der Waals surface area contributed by atoms with Crippen LogP contribution in [0.2, 0.25) is 0 Å². The van der Waals surface area contributed by atoms with Gasteiger partial charge in [-0.1, -0.05) is 29.8 Å². The van der Waals surface area contributed by atoms with E-state index in [2.05, 4.69) is 9.50 Å². The number of nitrogens with zero attached hydrogens (tertiary/aromatic N) is 1. The number of hydrogen-bond donors (Lipinski definition) is 1. The van der Waals surface area contributed by atoms with Crippen molar-refractivity contribution in [3.63, 3.8) is 0 Å². The maximum absolute atomic E-state index is 12.8. The molecule has 1 N–H and O–H groups in total. The Labute approximate surface area is 191 Å². The maximum Gasteiger partial charge on any atom is 0.534 e. The van der Waals surface area contributed by atoms with Crippen molar-refractivity contribution in [2.24, 2.45) is 0 Å². The van der Waals surface area contributed by atoms with Crippen LogP contribution in [-0.4, -0.2) is 51.4 Å². The van der Waals surface area contributed by atoms with Gasteiger partial charge in [-0.15, -0.1) is 0 Å². The molecule has 33 heavy (non-hydrogen) atoms. The number of carbonyl (C=O) groups is 1. The lowest BCUT2D eigenvalue weighted by Crippen LogP contribution is -2.28. The van der Waals surface area contributed by atoms with E-state index in [0.29, 0.717) is 17.7 Å². The van der Waals surface area contributed by atoms with Gasteiger partial charge in [-0.05, 0) is 73.8 Å². The Morgan fingerprint density at radius 3 is 2.21 bits per heavy atom. The molecule has 0 atom stereocenters. The predicted molar refractivity (Wildman–Crippen MR) is 119 cm³/mol. The van der Waals surface area contributed by atoms with E-state index in [9.17, 15) is 26.4 Å². The first kappa shape index (κ1) is 24.8. The first-order valence-electron chi connectivity index (χ1n) is 10.4. The van der Waals surface area contributed by atoms with Crippen LogP contribution in [0.4, 0.5) is 13.2 Å². The van der Waals surface area contributed by atoms with E-state index in [0.717, 1.165) is 42.6 Å². The molecule has 0 saturated carbocycles. The molecule has 1 aliphatic rings. The number of halogens is 3. The zero-order valence-corrected chi connectivity index (χ0v) is 19.1. The van der Waals surface area contributed by atoms with E-state index >= 15 is 0 Å². The third-order valence-electron chi connectivity index (χ3n) is 5.41. The normalized spacial score (nSPS) is 14.6. The number of hydrogen-bond acceptors (Lipinski definition) is 5. The lowest BCUT2D eigenvalue weighted by atomic mass is 9.88. The molecule has 0 unspecified atom stereocenters. The molecular weight excluding hydrogens is 457 g/mol. The van der Waals surface area contributed by atoms with E-state index in [1.165, 1.54) is 18.2 Å². The van der Waals surface area contributed by atoms with Gasteiger partial charge in [0, 0.05) is 19.2 Å². The summed E-state index contributed by atoms with van der Waals surface area (Å²) in [5.41, 5.74) is -1.83. The number of rotatable bonds is 6. The average Bonchev–Trinajstić information content (AvgIpc) is 2.79. The van der Waals surface area contributed by atoms with Gasteiger partial charge in [-0.3, -0.25) is 4.79 Å². The smallest absolute Gasteiger partial charge is 0.376 e. The minimum absolute atomic E-state index is 0.118. The molecule has 1 amide bonds. The molecule has 10 heteroatoms. The number of carbonyl (C=O) groups excluding carboxylic acids is 1. The largest absolute Gasteiger partial charge is 0.534 e. The molecule has 0 radical (unpaired) electrons. The van der Waals surface area contributed by atoms with Crippen molar-refractivity contribution in [3.05, 3.63) is 70.8 Å². The first-order valence-corrected chi connectivity index (χ1v) is 11.8. The molecule has 1 heterocycles. The minimum atomic E-state index is -5.78. The van der Waals surface area contributed by atoms with E-state index in [4.69, 9.17) is 0 Å². The summed E-state index contributed by atoms with van der Waals surface area (Å²) in [5.74, 6) is -0.541. The van der Waals surface area contributed by atoms with Gasteiger partial charge in [0.2, 0.25) is 0 Å². The van der Waals surface area contributed by atoms with Crippen LogP contribution < -0.4 is 9.50 Å². The summed E-state index contributed by atoms with van der Waals surface area (Å²) in [6.45, 7) is 3.93. The van der Waals surface area contributed by atoms with Gasteiger partial charge in [0.05, 0.1) is 0 Å². The molecule has 178 valence electrons. The second kappa shape index (κ2) is 9.96. The maximum atomic E-state index is 12.8. The first-order chi connectivity index (χ1) is 15.5. The summed E-state index contributed by atoms with van der Waals surface area (Å²) in [6, 6.07) is 12.6. The van der Waals surface area contributed by atoms with Crippen molar-refractivity contribution in [2.45, 2.75) is 25.3 Å². The van der Waals surface area contributed by atoms with Crippen LogP contribution in [-0.2, 0) is 10.1 Å². The van der Waals surface area contributed by atoms with Crippen LogP contribution in [0.25, 0.3) is 5.57 Å². The fraction of sp³-hybridized carbons (Fsp3) is 0.348. The highest BCUT2D eigenvalue weighted by Gasteiger charge is 2.48. The van der Waals surface area contributed by atoms with Crippen LogP contribution in [0, 0.1) is 0 Å². The van der Waals surface area contributed by atoms with Gasteiger partial charge >= 0.3 is 15.6 Å². The van der Waals surface area contributed by atoms with E-state index in [1.54, 1.807) is 42.3 Å². The highest BCUT2D eigenvalue weighted by Crippen LogP contribution is 2.34. The van der Waals surface area contributed by atoms with Crippen LogP contribution >= 0.6 is 0 Å². The Bertz CT molecular complexity index is 1140. The SMILES string of the molecule is CCN(C)C(=O)c1ccc(C(=C2CCNCC2)c2cccc(OS(=O)(=O)C(F)(F)F)c2)cc1. The van der Waals surface area contributed by atoms with Gasteiger partial charge in [0.1, 0.15) is 5.75 Å². The van der Waals surface area contributed by atoms with Crippen molar-refractivity contribution in [1.29, 1.82) is 0 Å². The summed E-state index contributed by atoms with van der Waals surface area (Å²) in [7, 11) is -4.07. The van der Waals surface area contributed by atoms with Crippen LogP contribution in [0.15, 0.2) is 54.1 Å². The van der Waals surface area contributed by atoms with Crippen molar-refractivity contribution in [1.82, 2.24) is 10.2 Å².